The zero-order valence-electron chi connectivity index (χ0n) is 15.8. The fourth-order valence-electron chi connectivity index (χ4n) is 2.67. The van der Waals surface area contributed by atoms with Gasteiger partial charge in [0.2, 0.25) is 11.1 Å². The monoisotopic (exact) mass is 420 g/mol. The first-order chi connectivity index (χ1) is 14.6. The molecule has 0 aliphatic rings. The Hall–Kier alpha value is -3.79. The van der Waals surface area contributed by atoms with E-state index in [0.717, 1.165) is 11.3 Å². The molecule has 0 radical (unpaired) electrons. The third-order valence-electron chi connectivity index (χ3n) is 4.13. The number of fused-ring (bicyclic) bond motifs is 1. The van der Waals surface area contributed by atoms with Crippen molar-refractivity contribution in [2.45, 2.75) is 5.16 Å². The molecule has 0 bridgehead atoms. The predicted molar refractivity (Wildman–Crippen MR) is 111 cm³/mol. The summed E-state index contributed by atoms with van der Waals surface area (Å²) in [6.07, 6.45) is 3.40. The minimum atomic E-state index is -0.430. The Labute approximate surface area is 175 Å². The molecule has 0 aliphatic carbocycles. The lowest BCUT2D eigenvalue weighted by Crippen LogP contribution is -2.14. The lowest BCUT2D eigenvalue weighted by Gasteiger charge is -2.06. The number of aromatic nitrogens is 5. The second-order valence-electron chi connectivity index (χ2n) is 6.11. The van der Waals surface area contributed by atoms with Gasteiger partial charge in [0.25, 0.3) is 0 Å². The van der Waals surface area contributed by atoms with Crippen molar-refractivity contribution in [3.8, 4) is 11.3 Å². The number of pyridine rings is 1. The first-order valence-corrected chi connectivity index (χ1v) is 9.86. The van der Waals surface area contributed by atoms with Crippen LogP contribution in [0.5, 0.6) is 0 Å². The van der Waals surface area contributed by atoms with E-state index in [1.54, 1.807) is 41.2 Å². The molecule has 10 heteroatoms. The van der Waals surface area contributed by atoms with E-state index in [-0.39, 0.29) is 11.7 Å². The van der Waals surface area contributed by atoms with Crippen LogP contribution in [0.15, 0.2) is 66.1 Å². The van der Waals surface area contributed by atoms with E-state index >= 15 is 0 Å². The van der Waals surface area contributed by atoms with Crippen LogP contribution in [0.25, 0.3) is 16.9 Å². The van der Waals surface area contributed by atoms with Crippen LogP contribution in [0.1, 0.15) is 10.4 Å². The molecule has 9 nitrogen and oxygen atoms in total. The number of nitrogens with zero attached hydrogens (tertiary/aromatic N) is 5. The Kier molecular flexibility index (Phi) is 5.66. The van der Waals surface area contributed by atoms with Gasteiger partial charge in [-0.1, -0.05) is 11.8 Å². The highest BCUT2D eigenvalue weighted by Crippen LogP contribution is 2.20. The largest absolute Gasteiger partial charge is 0.465 e. The fraction of sp³-hybridized carbons (Fsp3) is 0.100. The number of amides is 1. The standard InChI is InChI=1S/C20H16N6O3S/c1-29-19(28)14-2-4-15(5-3-14)22-18(27)12-30-20-24-23-17-7-6-16(25-26(17)20)13-8-10-21-11-9-13/h2-11H,12H2,1H3,(H,22,27). The number of nitrogens with one attached hydrogen (secondary N) is 1. The van der Waals surface area contributed by atoms with Gasteiger partial charge >= 0.3 is 5.97 Å². The van der Waals surface area contributed by atoms with Crippen LogP contribution >= 0.6 is 11.8 Å². The third-order valence-corrected chi connectivity index (χ3v) is 5.05. The highest BCUT2D eigenvalue weighted by molar-refractivity contribution is 7.99. The van der Waals surface area contributed by atoms with Gasteiger partial charge in [0.15, 0.2) is 5.65 Å². The Morgan fingerprint density at radius 2 is 1.80 bits per heavy atom. The second kappa shape index (κ2) is 8.70. The molecule has 3 heterocycles. The molecule has 1 aromatic carbocycles. The van der Waals surface area contributed by atoms with Gasteiger partial charge < -0.3 is 10.1 Å². The van der Waals surface area contributed by atoms with Gasteiger partial charge in [-0.25, -0.2) is 4.79 Å². The van der Waals surface area contributed by atoms with E-state index in [9.17, 15) is 9.59 Å². The molecule has 0 atom stereocenters. The summed E-state index contributed by atoms with van der Waals surface area (Å²) in [7, 11) is 1.32. The maximum absolute atomic E-state index is 12.3. The summed E-state index contributed by atoms with van der Waals surface area (Å²) in [4.78, 5) is 27.8. The number of hydrogen-bond donors (Lipinski definition) is 1. The summed E-state index contributed by atoms with van der Waals surface area (Å²) in [5, 5.41) is 16.1. The molecule has 0 unspecified atom stereocenters. The SMILES string of the molecule is COC(=O)c1ccc(NC(=O)CSc2nnc3ccc(-c4ccncc4)nn23)cc1. The summed E-state index contributed by atoms with van der Waals surface area (Å²) in [5.74, 6) is -0.519. The summed E-state index contributed by atoms with van der Waals surface area (Å²) in [6.45, 7) is 0. The summed E-state index contributed by atoms with van der Waals surface area (Å²) in [5.41, 5.74) is 3.26. The smallest absolute Gasteiger partial charge is 0.337 e. The van der Waals surface area contributed by atoms with Crippen molar-refractivity contribution in [3.63, 3.8) is 0 Å². The number of esters is 1. The molecule has 0 saturated heterocycles. The van der Waals surface area contributed by atoms with Crippen LogP contribution in [0, 0.1) is 0 Å². The number of anilines is 1. The van der Waals surface area contributed by atoms with Crippen LogP contribution in [0.4, 0.5) is 5.69 Å². The molecule has 3 aromatic heterocycles. The van der Waals surface area contributed by atoms with Crippen LogP contribution in [-0.2, 0) is 9.53 Å². The maximum atomic E-state index is 12.3. The van der Waals surface area contributed by atoms with Crippen molar-refractivity contribution in [1.82, 2.24) is 24.8 Å². The second-order valence-corrected chi connectivity index (χ2v) is 7.06. The van der Waals surface area contributed by atoms with E-state index in [1.165, 1.54) is 18.9 Å². The van der Waals surface area contributed by atoms with Gasteiger partial charge in [0, 0.05) is 23.6 Å². The lowest BCUT2D eigenvalue weighted by molar-refractivity contribution is -0.113. The molecule has 0 aliphatic heterocycles. The molecule has 150 valence electrons. The van der Waals surface area contributed by atoms with Gasteiger partial charge in [0.05, 0.1) is 24.1 Å². The van der Waals surface area contributed by atoms with Crippen LogP contribution in [0.3, 0.4) is 0 Å². The van der Waals surface area contributed by atoms with Gasteiger partial charge in [0.1, 0.15) is 0 Å². The molecule has 4 rings (SSSR count). The van der Waals surface area contributed by atoms with Gasteiger partial charge in [-0.05, 0) is 48.5 Å². The molecular weight excluding hydrogens is 404 g/mol. The van der Waals surface area contributed by atoms with Crippen molar-refractivity contribution in [3.05, 3.63) is 66.5 Å². The molecule has 4 aromatic rings. The number of benzene rings is 1. The van der Waals surface area contributed by atoms with Crippen molar-refractivity contribution < 1.29 is 14.3 Å². The van der Waals surface area contributed by atoms with Gasteiger partial charge in [-0.3, -0.25) is 9.78 Å². The zero-order chi connectivity index (χ0) is 20.9. The van der Waals surface area contributed by atoms with Crippen molar-refractivity contribution in [1.29, 1.82) is 0 Å². The Morgan fingerprint density at radius 3 is 2.53 bits per heavy atom. The molecule has 0 saturated carbocycles. The molecule has 0 fully saturated rings. The minimum absolute atomic E-state index is 0.126. The number of carbonyl (C=O) groups is 2. The topological polar surface area (TPSA) is 111 Å². The number of methoxy groups -OCH3 is 1. The number of carbonyl (C=O) groups excluding carboxylic acids is 2. The Bertz CT molecular complexity index is 1190. The number of hydrogen-bond acceptors (Lipinski definition) is 8. The average molecular weight is 420 g/mol. The first-order valence-electron chi connectivity index (χ1n) is 8.88. The number of rotatable bonds is 6. The van der Waals surface area contributed by atoms with Crippen LogP contribution in [0.2, 0.25) is 0 Å². The van der Waals surface area contributed by atoms with Crippen molar-refractivity contribution in [2.75, 3.05) is 18.2 Å². The quantitative estimate of drug-likeness (QED) is 0.374. The minimum Gasteiger partial charge on any atom is -0.465 e. The van der Waals surface area contributed by atoms with E-state index in [2.05, 4.69) is 30.3 Å². The normalized spacial score (nSPS) is 10.7. The maximum Gasteiger partial charge on any atom is 0.337 e. The number of thioether (sulfide) groups is 1. The Balaban J connectivity index is 1.43. The van der Waals surface area contributed by atoms with Gasteiger partial charge in [-0.2, -0.15) is 9.61 Å². The summed E-state index contributed by atoms with van der Waals surface area (Å²) in [6, 6.07) is 13.9. The summed E-state index contributed by atoms with van der Waals surface area (Å²) >= 11 is 1.23. The van der Waals surface area contributed by atoms with E-state index < -0.39 is 5.97 Å². The first kappa shape index (κ1) is 19.5. The zero-order valence-corrected chi connectivity index (χ0v) is 16.7. The highest BCUT2D eigenvalue weighted by atomic mass is 32.2. The van der Waals surface area contributed by atoms with E-state index in [0.29, 0.717) is 22.1 Å². The van der Waals surface area contributed by atoms with E-state index in [4.69, 9.17) is 0 Å². The van der Waals surface area contributed by atoms with E-state index in [1.807, 2.05) is 24.3 Å². The summed E-state index contributed by atoms with van der Waals surface area (Å²) < 4.78 is 6.27. The third kappa shape index (κ3) is 4.28. The molecule has 1 amide bonds. The predicted octanol–water partition coefficient (Wildman–Crippen LogP) is 2.70. The molecule has 0 spiro atoms. The van der Waals surface area contributed by atoms with Gasteiger partial charge in [-0.15, -0.1) is 10.2 Å². The average Bonchev–Trinajstić information content (AvgIpc) is 3.20. The molecule has 1 N–H and O–H groups in total. The molecular formula is C20H16N6O3S. The fourth-order valence-corrected chi connectivity index (χ4v) is 3.36. The van der Waals surface area contributed by atoms with Crippen LogP contribution < -0.4 is 5.32 Å². The number of ether oxygens (including phenoxy) is 1. The lowest BCUT2D eigenvalue weighted by atomic mass is 10.2. The Morgan fingerprint density at radius 1 is 1.03 bits per heavy atom. The molecule has 30 heavy (non-hydrogen) atoms. The highest BCUT2D eigenvalue weighted by Gasteiger charge is 2.12. The van der Waals surface area contributed by atoms with Crippen LogP contribution in [-0.4, -0.2) is 49.5 Å². The van der Waals surface area contributed by atoms with Crippen molar-refractivity contribution in [2.24, 2.45) is 0 Å². The van der Waals surface area contributed by atoms with Crippen molar-refractivity contribution >= 4 is 35.0 Å².